The monoisotopic (exact) mass is 362 g/mol. The molecule has 4 rings (SSSR count). The van der Waals surface area contributed by atoms with Crippen molar-refractivity contribution in [1.82, 2.24) is 29.8 Å². The lowest BCUT2D eigenvalue weighted by Crippen LogP contribution is -2.00. The van der Waals surface area contributed by atoms with Crippen LogP contribution in [0.15, 0.2) is 52.8 Å². The molecule has 25 heavy (non-hydrogen) atoms. The summed E-state index contributed by atoms with van der Waals surface area (Å²) in [6.45, 7) is 0. The van der Waals surface area contributed by atoms with Crippen molar-refractivity contribution in [2.24, 2.45) is 0 Å². The van der Waals surface area contributed by atoms with Gasteiger partial charge >= 0.3 is 0 Å². The molecular formula is C15H9F3N6S. The van der Waals surface area contributed by atoms with Crippen LogP contribution >= 0.6 is 11.8 Å². The van der Waals surface area contributed by atoms with Crippen molar-refractivity contribution in [3.63, 3.8) is 0 Å². The van der Waals surface area contributed by atoms with Crippen molar-refractivity contribution < 1.29 is 13.2 Å². The van der Waals surface area contributed by atoms with Crippen molar-refractivity contribution in [1.29, 1.82) is 0 Å². The number of hydrogen-bond acceptors (Lipinski definition) is 5. The molecule has 6 nitrogen and oxygen atoms in total. The third kappa shape index (κ3) is 3.07. The number of aromatic nitrogens is 6. The minimum atomic E-state index is -2.77. The summed E-state index contributed by atoms with van der Waals surface area (Å²) in [7, 11) is 0. The highest BCUT2D eigenvalue weighted by Crippen LogP contribution is 2.27. The molecule has 4 aromatic rings. The predicted molar refractivity (Wildman–Crippen MR) is 83.8 cm³/mol. The Morgan fingerprint density at radius 2 is 1.84 bits per heavy atom. The van der Waals surface area contributed by atoms with E-state index in [9.17, 15) is 13.2 Å². The summed E-state index contributed by atoms with van der Waals surface area (Å²) in [4.78, 5) is 7.30. The number of rotatable bonds is 4. The van der Waals surface area contributed by atoms with E-state index >= 15 is 0 Å². The van der Waals surface area contributed by atoms with E-state index in [0.29, 0.717) is 15.9 Å². The van der Waals surface area contributed by atoms with Crippen molar-refractivity contribution >= 4 is 17.4 Å². The van der Waals surface area contributed by atoms with Crippen LogP contribution in [-0.4, -0.2) is 29.8 Å². The molecule has 1 N–H and O–H groups in total. The van der Waals surface area contributed by atoms with Crippen LogP contribution in [0.1, 0.15) is 12.2 Å². The van der Waals surface area contributed by atoms with E-state index in [1.165, 1.54) is 23.9 Å². The third-order valence-corrected chi connectivity index (χ3v) is 4.19. The molecule has 0 unspecified atom stereocenters. The van der Waals surface area contributed by atoms with Gasteiger partial charge in [-0.2, -0.15) is 9.61 Å². The number of alkyl halides is 2. The molecule has 0 bridgehead atoms. The Balaban J connectivity index is 1.61. The summed E-state index contributed by atoms with van der Waals surface area (Å²) < 4.78 is 39.8. The van der Waals surface area contributed by atoms with Crippen LogP contribution in [0.3, 0.4) is 0 Å². The number of hydrogen-bond donors (Lipinski definition) is 1. The second-order valence-corrected chi connectivity index (χ2v) is 6.02. The highest BCUT2D eigenvalue weighted by atomic mass is 32.2. The van der Waals surface area contributed by atoms with Crippen LogP contribution in [0.5, 0.6) is 0 Å². The van der Waals surface area contributed by atoms with E-state index in [1.807, 2.05) is 0 Å². The summed E-state index contributed by atoms with van der Waals surface area (Å²) in [5.41, 5.74) is 1.73. The van der Waals surface area contributed by atoms with E-state index in [-0.39, 0.29) is 11.5 Å². The Labute approximate surface area is 143 Å². The summed E-state index contributed by atoms with van der Waals surface area (Å²) in [5.74, 6) is -0.831. The van der Waals surface area contributed by atoms with Gasteiger partial charge in [0.25, 0.3) is 6.43 Å². The predicted octanol–water partition coefficient (Wildman–Crippen LogP) is 3.74. The summed E-state index contributed by atoms with van der Waals surface area (Å²) in [6, 6.07) is 9.18. The van der Waals surface area contributed by atoms with Crippen molar-refractivity contribution in [2.45, 2.75) is 16.6 Å². The largest absolute Gasteiger partial charge is 0.333 e. The maximum absolute atomic E-state index is 13.0. The molecule has 0 atom stereocenters. The zero-order valence-electron chi connectivity index (χ0n) is 12.4. The van der Waals surface area contributed by atoms with Gasteiger partial charge < -0.3 is 4.98 Å². The maximum Gasteiger partial charge on any atom is 0.299 e. The SMILES string of the molecule is Fc1ccc(-c2cnc(Sc3ccc4nnc(C(F)F)n4n3)[nH]2)cc1. The zero-order chi connectivity index (χ0) is 17.4. The smallest absolute Gasteiger partial charge is 0.299 e. The molecule has 126 valence electrons. The normalized spacial score (nSPS) is 11.5. The van der Waals surface area contributed by atoms with Gasteiger partial charge in [0.15, 0.2) is 10.8 Å². The fourth-order valence-corrected chi connectivity index (χ4v) is 2.93. The molecule has 0 aliphatic rings. The molecule has 0 radical (unpaired) electrons. The number of nitrogens with one attached hydrogen (secondary N) is 1. The number of benzene rings is 1. The first-order chi connectivity index (χ1) is 12.1. The second-order valence-electron chi connectivity index (χ2n) is 5.01. The minimum absolute atomic E-state index is 0.242. The van der Waals surface area contributed by atoms with E-state index in [1.54, 1.807) is 30.5 Å². The molecule has 0 saturated carbocycles. The lowest BCUT2D eigenvalue weighted by molar-refractivity contribution is 0.137. The lowest BCUT2D eigenvalue weighted by atomic mass is 10.2. The van der Waals surface area contributed by atoms with Crippen LogP contribution in [-0.2, 0) is 0 Å². The molecule has 1 aromatic carbocycles. The van der Waals surface area contributed by atoms with Gasteiger partial charge in [-0.3, -0.25) is 0 Å². The Morgan fingerprint density at radius 3 is 2.60 bits per heavy atom. The van der Waals surface area contributed by atoms with Gasteiger partial charge in [-0.15, -0.1) is 10.2 Å². The van der Waals surface area contributed by atoms with E-state index in [2.05, 4.69) is 25.3 Å². The lowest BCUT2D eigenvalue weighted by Gasteiger charge is -2.01. The average Bonchev–Trinajstić information content (AvgIpc) is 3.22. The first-order valence-corrected chi connectivity index (χ1v) is 7.91. The van der Waals surface area contributed by atoms with Crippen LogP contribution in [0.25, 0.3) is 16.9 Å². The molecule has 0 fully saturated rings. The van der Waals surface area contributed by atoms with Crippen LogP contribution in [0.2, 0.25) is 0 Å². The quantitative estimate of drug-likeness (QED) is 0.599. The first kappa shape index (κ1) is 15.6. The Morgan fingerprint density at radius 1 is 1.04 bits per heavy atom. The molecule has 3 aromatic heterocycles. The van der Waals surface area contributed by atoms with Crippen LogP contribution < -0.4 is 0 Å². The summed E-state index contributed by atoms with van der Waals surface area (Å²) in [6.07, 6.45) is -1.16. The van der Waals surface area contributed by atoms with Gasteiger partial charge in [-0.25, -0.2) is 18.2 Å². The van der Waals surface area contributed by atoms with Crippen LogP contribution in [0.4, 0.5) is 13.2 Å². The second kappa shape index (κ2) is 6.20. The number of halogens is 3. The fourth-order valence-electron chi connectivity index (χ4n) is 2.21. The van der Waals surface area contributed by atoms with E-state index in [0.717, 1.165) is 10.1 Å². The molecule has 0 aliphatic carbocycles. The van der Waals surface area contributed by atoms with Gasteiger partial charge in [-0.05, 0) is 53.7 Å². The molecule has 10 heteroatoms. The standard InChI is InChI=1S/C15H9F3N6S/c16-9-3-1-8(2-4-9)10-7-19-15(20-10)25-12-6-5-11-21-22-14(13(17)18)24(11)23-12/h1-7,13H,(H,19,20). The van der Waals surface area contributed by atoms with Crippen molar-refractivity contribution in [2.75, 3.05) is 0 Å². The number of fused-ring (bicyclic) bond motifs is 1. The minimum Gasteiger partial charge on any atom is -0.333 e. The van der Waals surface area contributed by atoms with Crippen molar-refractivity contribution in [3.05, 3.63) is 54.2 Å². The summed E-state index contributed by atoms with van der Waals surface area (Å²) in [5, 5.41) is 12.2. The summed E-state index contributed by atoms with van der Waals surface area (Å²) >= 11 is 1.17. The van der Waals surface area contributed by atoms with Gasteiger partial charge in [0.05, 0.1) is 11.9 Å². The fraction of sp³-hybridized carbons (Fsp3) is 0.0667. The van der Waals surface area contributed by atoms with E-state index in [4.69, 9.17) is 0 Å². The Kier molecular flexibility index (Phi) is 3.88. The van der Waals surface area contributed by atoms with Crippen LogP contribution in [0, 0.1) is 5.82 Å². The van der Waals surface area contributed by atoms with E-state index < -0.39 is 12.2 Å². The number of nitrogens with zero attached hydrogens (tertiary/aromatic N) is 5. The molecular weight excluding hydrogens is 353 g/mol. The van der Waals surface area contributed by atoms with Gasteiger partial charge in [0, 0.05) is 0 Å². The Hall–Kier alpha value is -2.88. The van der Waals surface area contributed by atoms with Crippen molar-refractivity contribution in [3.8, 4) is 11.3 Å². The van der Waals surface area contributed by atoms with Gasteiger partial charge in [-0.1, -0.05) is 0 Å². The highest BCUT2D eigenvalue weighted by molar-refractivity contribution is 7.99. The third-order valence-electron chi connectivity index (χ3n) is 3.37. The first-order valence-electron chi connectivity index (χ1n) is 7.09. The molecule has 0 saturated heterocycles. The highest BCUT2D eigenvalue weighted by Gasteiger charge is 2.17. The molecule has 0 spiro atoms. The number of H-pyrrole nitrogens is 1. The maximum atomic E-state index is 13.0. The molecule has 0 amide bonds. The van der Waals surface area contributed by atoms with Gasteiger partial charge in [0.2, 0.25) is 5.82 Å². The molecule has 0 aliphatic heterocycles. The zero-order valence-corrected chi connectivity index (χ0v) is 13.2. The number of imidazole rings is 1. The van der Waals surface area contributed by atoms with Gasteiger partial charge in [0.1, 0.15) is 10.8 Å². The Bertz CT molecular complexity index is 1030. The topological polar surface area (TPSA) is 71.8 Å². The molecule has 3 heterocycles. The number of aromatic amines is 1. The average molecular weight is 362 g/mol.